The smallest absolute Gasteiger partial charge is 0.317 e. The molecular weight excluding hydrogens is 233 g/mol. The molecule has 0 spiro atoms. The summed E-state index contributed by atoms with van der Waals surface area (Å²) in [6.45, 7) is 4.48. The minimum atomic E-state index is -0.834. The Labute approximate surface area is 107 Å². The third-order valence-electron chi connectivity index (χ3n) is 2.59. The summed E-state index contributed by atoms with van der Waals surface area (Å²) in [6, 6.07) is 6.33. The van der Waals surface area contributed by atoms with Gasteiger partial charge < -0.3 is 5.11 Å². The SMILES string of the molecule is CC(C)N(C/C=C/c1ccc(F)cc1)CC(=O)O. The van der Waals surface area contributed by atoms with E-state index in [1.54, 1.807) is 12.1 Å². The molecule has 4 heteroatoms. The molecule has 98 valence electrons. The van der Waals surface area contributed by atoms with Gasteiger partial charge in [-0.05, 0) is 31.5 Å². The minimum Gasteiger partial charge on any atom is -0.480 e. The van der Waals surface area contributed by atoms with E-state index in [1.165, 1.54) is 12.1 Å². The van der Waals surface area contributed by atoms with Crippen LogP contribution < -0.4 is 0 Å². The first-order valence-electron chi connectivity index (χ1n) is 5.87. The molecule has 0 unspecified atom stereocenters. The second-order valence-corrected chi connectivity index (χ2v) is 4.37. The highest BCUT2D eigenvalue weighted by Gasteiger charge is 2.10. The van der Waals surface area contributed by atoms with Crippen LogP contribution in [-0.2, 0) is 4.79 Å². The standard InChI is InChI=1S/C14H18FNO2/c1-11(2)16(10-14(17)18)9-3-4-12-5-7-13(15)8-6-12/h3-8,11H,9-10H2,1-2H3,(H,17,18)/b4-3+. The summed E-state index contributed by atoms with van der Waals surface area (Å²) in [5, 5.41) is 8.77. The second kappa shape index (κ2) is 6.91. The third-order valence-corrected chi connectivity index (χ3v) is 2.59. The number of nitrogens with zero attached hydrogens (tertiary/aromatic N) is 1. The maximum absolute atomic E-state index is 12.7. The summed E-state index contributed by atoms with van der Waals surface area (Å²) in [7, 11) is 0. The largest absolute Gasteiger partial charge is 0.480 e. The van der Waals surface area contributed by atoms with Crippen LogP contribution in [0.4, 0.5) is 4.39 Å². The summed E-state index contributed by atoms with van der Waals surface area (Å²) < 4.78 is 12.7. The number of rotatable bonds is 6. The van der Waals surface area contributed by atoms with E-state index in [0.717, 1.165) is 5.56 Å². The van der Waals surface area contributed by atoms with Gasteiger partial charge in [-0.1, -0.05) is 24.3 Å². The van der Waals surface area contributed by atoms with Gasteiger partial charge in [0.15, 0.2) is 0 Å². The molecule has 0 radical (unpaired) electrons. The maximum Gasteiger partial charge on any atom is 0.317 e. The molecule has 0 atom stereocenters. The number of halogens is 1. The molecule has 1 N–H and O–H groups in total. The zero-order chi connectivity index (χ0) is 13.5. The Kier molecular flexibility index (Phi) is 5.52. The molecule has 0 aliphatic rings. The molecule has 0 fully saturated rings. The molecular formula is C14H18FNO2. The van der Waals surface area contributed by atoms with Crippen molar-refractivity contribution in [3.63, 3.8) is 0 Å². The molecule has 18 heavy (non-hydrogen) atoms. The second-order valence-electron chi connectivity index (χ2n) is 4.37. The van der Waals surface area contributed by atoms with Crippen LogP contribution in [0.1, 0.15) is 19.4 Å². The number of benzene rings is 1. The predicted molar refractivity (Wildman–Crippen MR) is 69.8 cm³/mol. The fourth-order valence-electron chi connectivity index (χ4n) is 1.53. The van der Waals surface area contributed by atoms with Crippen LogP contribution in [0.15, 0.2) is 30.3 Å². The van der Waals surface area contributed by atoms with Crippen LogP contribution >= 0.6 is 0 Å². The van der Waals surface area contributed by atoms with Crippen molar-refractivity contribution in [1.29, 1.82) is 0 Å². The van der Waals surface area contributed by atoms with Crippen LogP contribution in [-0.4, -0.2) is 35.1 Å². The highest BCUT2D eigenvalue weighted by Crippen LogP contribution is 2.05. The zero-order valence-electron chi connectivity index (χ0n) is 10.6. The van der Waals surface area contributed by atoms with Gasteiger partial charge in [0, 0.05) is 12.6 Å². The van der Waals surface area contributed by atoms with Crippen LogP contribution in [0.2, 0.25) is 0 Å². The monoisotopic (exact) mass is 251 g/mol. The molecule has 3 nitrogen and oxygen atoms in total. The topological polar surface area (TPSA) is 40.5 Å². The molecule has 0 aliphatic carbocycles. The van der Waals surface area contributed by atoms with Gasteiger partial charge in [-0.15, -0.1) is 0 Å². The van der Waals surface area contributed by atoms with Gasteiger partial charge in [0.2, 0.25) is 0 Å². The molecule has 1 aromatic carbocycles. The van der Waals surface area contributed by atoms with Crippen LogP contribution in [0.25, 0.3) is 6.08 Å². The molecule has 0 aromatic heterocycles. The lowest BCUT2D eigenvalue weighted by Crippen LogP contribution is -2.35. The van der Waals surface area contributed by atoms with E-state index < -0.39 is 5.97 Å². The van der Waals surface area contributed by atoms with E-state index >= 15 is 0 Å². The Balaban J connectivity index is 2.56. The summed E-state index contributed by atoms with van der Waals surface area (Å²) in [6.07, 6.45) is 3.74. The number of carboxylic acid groups (broad SMARTS) is 1. The molecule has 0 heterocycles. The Morgan fingerprint density at radius 1 is 1.39 bits per heavy atom. The van der Waals surface area contributed by atoms with E-state index in [2.05, 4.69) is 0 Å². The summed E-state index contributed by atoms with van der Waals surface area (Å²) in [5.74, 6) is -1.10. The third kappa shape index (κ3) is 5.10. The average Bonchev–Trinajstić information content (AvgIpc) is 2.29. The quantitative estimate of drug-likeness (QED) is 0.845. The maximum atomic E-state index is 12.7. The van der Waals surface area contributed by atoms with Gasteiger partial charge in [0.1, 0.15) is 5.82 Å². The lowest BCUT2D eigenvalue weighted by atomic mass is 10.2. The lowest BCUT2D eigenvalue weighted by Gasteiger charge is -2.22. The van der Waals surface area contributed by atoms with E-state index in [1.807, 2.05) is 30.9 Å². The Hall–Kier alpha value is -1.68. The highest BCUT2D eigenvalue weighted by atomic mass is 19.1. The van der Waals surface area contributed by atoms with Gasteiger partial charge >= 0.3 is 5.97 Å². The van der Waals surface area contributed by atoms with Crippen molar-refractivity contribution < 1.29 is 14.3 Å². The van der Waals surface area contributed by atoms with Gasteiger partial charge in [-0.25, -0.2) is 4.39 Å². The van der Waals surface area contributed by atoms with Crippen molar-refractivity contribution in [3.05, 3.63) is 41.7 Å². The molecule has 0 amide bonds. The minimum absolute atomic E-state index is 0.0193. The fraction of sp³-hybridized carbons (Fsp3) is 0.357. The van der Waals surface area contributed by atoms with E-state index in [9.17, 15) is 9.18 Å². The van der Waals surface area contributed by atoms with Crippen molar-refractivity contribution in [2.24, 2.45) is 0 Å². The van der Waals surface area contributed by atoms with Crippen molar-refractivity contribution in [2.75, 3.05) is 13.1 Å². The van der Waals surface area contributed by atoms with Crippen molar-refractivity contribution in [2.45, 2.75) is 19.9 Å². The fourth-order valence-corrected chi connectivity index (χ4v) is 1.53. The average molecular weight is 251 g/mol. The van der Waals surface area contributed by atoms with Crippen molar-refractivity contribution >= 4 is 12.0 Å². The lowest BCUT2D eigenvalue weighted by molar-refractivity contribution is -0.138. The van der Waals surface area contributed by atoms with Crippen molar-refractivity contribution in [3.8, 4) is 0 Å². The number of hydrogen-bond acceptors (Lipinski definition) is 2. The first-order chi connectivity index (χ1) is 8.49. The number of aliphatic carboxylic acids is 1. The number of hydrogen-bond donors (Lipinski definition) is 1. The van der Waals surface area contributed by atoms with E-state index in [-0.39, 0.29) is 18.4 Å². The Morgan fingerprint density at radius 2 is 2.00 bits per heavy atom. The first-order valence-corrected chi connectivity index (χ1v) is 5.87. The summed E-state index contributed by atoms with van der Waals surface area (Å²) in [5.41, 5.74) is 0.899. The van der Waals surface area contributed by atoms with Gasteiger partial charge in [-0.3, -0.25) is 9.69 Å². The van der Waals surface area contributed by atoms with E-state index in [0.29, 0.717) is 6.54 Å². The van der Waals surface area contributed by atoms with Crippen molar-refractivity contribution in [1.82, 2.24) is 4.90 Å². The Bertz CT molecular complexity index is 412. The van der Waals surface area contributed by atoms with Crippen LogP contribution in [0, 0.1) is 5.82 Å². The number of carboxylic acids is 1. The molecule has 1 rings (SSSR count). The molecule has 0 aliphatic heterocycles. The predicted octanol–water partition coefficient (Wildman–Crippen LogP) is 2.63. The van der Waals surface area contributed by atoms with E-state index in [4.69, 9.17) is 5.11 Å². The molecule has 0 bridgehead atoms. The van der Waals surface area contributed by atoms with Gasteiger partial charge in [0.05, 0.1) is 6.54 Å². The van der Waals surface area contributed by atoms with Gasteiger partial charge in [-0.2, -0.15) is 0 Å². The van der Waals surface area contributed by atoms with Gasteiger partial charge in [0.25, 0.3) is 0 Å². The normalized spacial score (nSPS) is 11.6. The van der Waals surface area contributed by atoms with Crippen LogP contribution in [0.5, 0.6) is 0 Å². The number of carbonyl (C=O) groups is 1. The Morgan fingerprint density at radius 3 is 2.50 bits per heavy atom. The molecule has 0 saturated carbocycles. The summed E-state index contributed by atoms with van der Waals surface area (Å²) in [4.78, 5) is 12.5. The highest BCUT2D eigenvalue weighted by molar-refractivity contribution is 5.69. The summed E-state index contributed by atoms with van der Waals surface area (Å²) >= 11 is 0. The molecule has 0 saturated heterocycles. The van der Waals surface area contributed by atoms with Crippen LogP contribution in [0.3, 0.4) is 0 Å². The molecule has 1 aromatic rings. The zero-order valence-corrected chi connectivity index (χ0v) is 10.6. The first kappa shape index (κ1) is 14.4.